The molecule has 1 aromatic heterocycles. The molecule has 17 heavy (non-hydrogen) atoms. The molecule has 6 nitrogen and oxygen atoms in total. The molecule has 0 saturated heterocycles. The van der Waals surface area contributed by atoms with E-state index in [2.05, 4.69) is 25.6 Å². The smallest absolute Gasteiger partial charge is 0.323 e. The van der Waals surface area contributed by atoms with Crippen LogP contribution in [-0.4, -0.2) is 29.7 Å². The number of carboxylic acids is 1. The van der Waals surface area contributed by atoms with Crippen molar-refractivity contribution >= 4 is 37.6 Å². The Bertz CT molecular complexity index is 544. The van der Waals surface area contributed by atoms with Crippen LogP contribution in [0.2, 0.25) is 0 Å². The standard InChI is InChI=1S/C9H11BrN2O4S/c1-5-7(3-4-8(10)11-5)12-17(15,16)6(2)9(13)14/h3-4,6,12H,1-2H3,(H,13,14). The van der Waals surface area contributed by atoms with Gasteiger partial charge in [0.25, 0.3) is 0 Å². The van der Waals surface area contributed by atoms with Crippen molar-refractivity contribution in [1.29, 1.82) is 0 Å². The van der Waals surface area contributed by atoms with Crippen molar-refractivity contribution in [2.24, 2.45) is 0 Å². The van der Waals surface area contributed by atoms with Gasteiger partial charge in [-0.05, 0) is 41.9 Å². The van der Waals surface area contributed by atoms with E-state index in [1.165, 1.54) is 6.07 Å². The zero-order chi connectivity index (χ0) is 13.2. The molecule has 0 bridgehead atoms. The molecule has 0 fully saturated rings. The van der Waals surface area contributed by atoms with Gasteiger partial charge in [-0.15, -0.1) is 0 Å². The zero-order valence-electron chi connectivity index (χ0n) is 9.14. The highest BCUT2D eigenvalue weighted by molar-refractivity contribution is 9.10. The number of halogens is 1. The highest BCUT2D eigenvalue weighted by Gasteiger charge is 2.28. The number of anilines is 1. The van der Waals surface area contributed by atoms with Gasteiger partial charge in [0, 0.05) is 0 Å². The monoisotopic (exact) mass is 322 g/mol. The second kappa shape index (κ2) is 5.01. The van der Waals surface area contributed by atoms with Crippen molar-refractivity contribution in [1.82, 2.24) is 4.98 Å². The lowest BCUT2D eigenvalue weighted by Gasteiger charge is -2.12. The third-order valence-electron chi connectivity index (χ3n) is 2.12. The third-order valence-corrected chi connectivity index (χ3v) is 4.20. The summed E-state index contributed by atoms with van der Waals surface area (Å²) in [5, 5.41) is 7.14. The maximum Gasteiger partial charge on any atom is 0.323 e. The Labute approximate surface area is 107 Å². The van der Waals surface area contributed by atoms with Gasteiger partial charge in [0.1, 0.15) is 4.60 Å². The topological polar surface area (TPSA) is 96.4 Å². The number of sulfonamides is 1. The summed E-state index contributed by atoms with van der Waals surface area (Å²) in [5.41, 5.74) is 0.724. The van der Waals surface area contributed by atoms with E-state index in [0.29, 0.717) is 10.3 Å². The van der Waals surface area contributed by atoms with E-state index >= 15 is 0 Å². The van der Waals surface area contributed by atoms with Gasteiger partial charge in [0.05, 0.1) is 11.4 Å². The lowest BCUT2D eigenvalue weighted by atomic mass is 10.3. The summed E-state index contributed by atoms with van der Waals surface area (Å²) in [7, 11) is -3.95. The van der Waals surface area contributed by atoms with Crippen LogP contribution in [0.5, 0.6) is 0 Å². The van der Waals surface area contributed by atoms with Gasteiger partial charge in [-0.3, -0.25) is 9.52 Å². The van der Waals surface area contributed by atoms with Crippen molar-refractivity contribution in [3.8, 4) is 0 Å². The number of carboxylic acid groups (broad SMARTS) is 1. The lowest BCUT2D eigenvalue weighted by molar-refractivity contribution is -0.136. The van der Waals surface area contributed by atoms with Gasteiger partial charge in [-0.1, -0.05) is 0 Å². The highest BCUT2D eigenvalue weighted by atomic mass is 79.9. The van der Waals surface area contributed by atoms with Gasteiger partial charge < -0.3 is 5.11 Å². The van der Waals surface area contributed by atoms with Gasteiger partial charge in [-0.25, -0.2) is 13.4 Å². The van der Waals surface area contributed by atoms with Gasteiger partial charge in [-0.2, -0.15) is 0 Å². The highest BCUT2D eigenvalue weighted by Crippen LogP contribution is 2.18. The first-order chi connectivity index (χ1) is 7.74. The van der Waals surface area contributed by atoms with Crippen LogP contribution in [0.1, 0.15) is 12.6 Å². The number of aromatic nitrogens is 1. The predicted octanol–water partition coefficient (Wildman–Crippen LogP) is 1.37. The number of hydrogen-bond donors (Lipinski definition) is 2. The molecule has 0 amide bonds. The molecule has 1 unspecified atom stereocenters. The second-order valence-corrected chi connectivity index (χ2v) is 6.21. The van der Waals surface area contributed by atoms with Crippen LogP contribution in [0.15, 0.2) is 16.7 Å². The fraction of sp³-hybridized carbons (Fsp3) is 0.333. The summed E-state index contributed by atoms with van der Waals surface area (Å²) in [6, 6.07) is 3.08. The summed E-state index contributed by atoms with van der Waals surface area (Å²) in [6.45, 7) is 2.72. The number of aliphatic carboxylic acids is 1. The second-order valence-electron chi connectivity index (χ2n) is 3.39. The summed E-state index contributed by atoms with van der Waals surface area (Å²) < 4.78 is 26.1. The minimum absolute atomic E-state index is 0.265. The average molecular weight is 323 g/mol. The zero-order valence-corrected chi connectivity index (χ0v) is 11.5. The Kier molecular flexibility index (Phi) is 4.10. The van der Waals surface area contributed by atoms with Gasteiger partial charge in [0.15, 0.2) is 5.25 Å². The van der Waals surface area contributed by atoms with E-state index in [9.17, 15) is 13.2 Å². The van der Waals surface area contributed by atoms with Gasteiger partial charge >= 0.3 is 5.97 Å². The molecule has 1 aromatic rings. The molecule has 2 N–H and O–H groups in total. The number of aryl methyl sites for hydroxylation is 1. The summed E-state index contributed by atoms with van der Waals surface area (Å²) >= 11 is 3.15. The Hall–Kier alpha value is -1.15. The van der Waals surface area contributed by atoms with Crippen molar-refractivity contribution in [3.05, 3.63) is 22.4 Å². The van der Waals surface area contributed by atoms with E-state index in [1.54, 1.807) is 13.0 Å². The quantitative estimate of drug-likeness (QED) is 0.816. The van der Waals surface area contributed by atoms with Crippen LogP contribution in [0, 0.1) is 6.92 Å². The summed E-state index contributed by atoms with van der Waals surface area (Å²) in [4.78, 5) is 14.6. The summed E-state index contributed by atoms with van der Waals surface area (Å²) in [6.07, 6.45) is 0. The van der Waals surface area contributed by atoms with Crippen LogP contribution in [-0.2, 0) is 14.8 Å². The number of carbonyl (C=O) groups is 1. The molecule has 1 atom stereocenters. The first-order valence-corrected chi connectivity index (χ1v) is 6.95. The predicted molar refractivity (Wildman–Crippen MR) is 66.3 cm³/mol. The molecular weight excluding hydrogens is 312 g/mol. The van der Waals surface area contributed by atoms with Crippen molar-refractivity contribution in [2.75, 3.05) is 4.72 Å². The van der Waals surface area contributed by atoms with E-state index in [1.807, 2.05) is 0 Å². The first-order valence-electron chi connectivity index (χ1n) is 4.61. The van der Waals surface area contributed by atoms with Crippen LogP contribution in [0.25, 0.3) is 0 Å². The molecule has 1 heterocycles. The van der Waals surface area contributed by atoms with Crippen molar-refractivity contribution < 1.29 is 18.3 Å². The SMILES string of the molecule is Cc1nc(Br)ccc1NS(=O)(=O)C(C)C(=O)O. The average Bonchev–Trinajstić information content (AvgIpc) is 2.21. The normalized spacial score (nSPS) is 13.1. The van der Waals surface area contributed by atoms with Crippen LogP contribution in [0.3, 0.4) is 0 Å². The largest absolute Gasteiger partial charge is 0.480 e. The Morgan fingerprint density at radius 3 is 2.59 bits per heavy atom. The molecule has 0 saturated carbocycles. The van der Waals surface area contributed by atoms with E-state index in [-0.39, 0.29) is 5.69 Å². The van der Waals surface area contributed by atoms with Gasteiger partial charge in [0.2, 0.25) is 10.0 Å². The van der Waals surface area contributed by atoms with Crippen molar-refractivity contribution in [2.45, 2.75) is 19.1 Å². The Morgan fingerprint density at radius 1 is 1.53 bits per heavy atom. The van der Waals surface area contributed by atoms with Crippen molar-refractivity contribution in [3.63, 3.8) is 0 Å². The number of pyridine rings is 1. The molecular formula is C9H11BrN2O4S. The van der Waals surface area contributed by atoms with E-state index in [4.69, 9.17) is 5.11 Å². The molecule has 0 aliphatic heterocycles. The molecule has 1 rings (SSSR count). The molecule has 8 heteroatoms. The third kappa shape index (κ3) is 3.40. The Balaban J connectivity index is 3.02. The van der Waals surface area contributed by atoms with E-state index in [0.717, 1.165) is 6.92 Å². The molecule has 0 aromatic carbocycles. The van der Waals surface area contributed by atoms with Crippen LogP contribution >= 0.6 is 15.9 Å². The fourth-order valence-electron chi connectivity index (χ4n) is 1.01. The Morgan fingerprint density at radius 2 is 2.12 bits per heavy atom. The lowest BCUT2D eigenvalue weighted by Crippen LogP contribution is -2.32. The molecule has 0 radical (unpaired) electrons. The van der Waals surface area contributed by atoms with Crippen LogP contribution in [0.4, 0.5) is 5.69 Å². The molecule has 0 spiro atoms. The van der Waals surface area contributed by atoms with Crippen LogP contribution < -0.4 is 4.72 Å². The number of hydrogen-bond acceptors (Lipinski definition) is 4. The maximum absolute atomic E-state index is 11.6. The minimum atomic E-state index is -3.95. The maximum atomic E-state index is 11.6. The molecule has 94 valence electrons. The minimum Gasteiger partial charge on any atom is -0.480 e. The fourth-order valence-corrected chi connectivity index (χ4v) is 2.38. The number of nitrogens with zero attached hydrogens (tertiary/aromatic N) is 1. The number of rotatable bonds is 4. The number of nitrogens with one attached hydrogen (secondary N) is 1. The van der Waals surface area contributed by atoms with E-state index < -0.39 is 21.2 Å². The molecule has 0 aliphatic carbocycles. The summed E-state index contributed by atoms with van der Waals surface area (Å²) in [5.74, 6) is -1.40. The molecule has 0 aliphatic rings. The first kappa shape index (κ1) is 13.9.